The first-order valence-corrected chi connectivity index (χ1v) is 7.77. The maximum absolute atomic E-state index is 9.04. The Morgan fingerprint density at radius 2 is 2.28 bits per heavy atom. The normalized spacial score (nSPS) is 18.0. The van der Waals surface area contributed by atoms with E-state index in [1.54, 1.807) is 11.3 Å². The number of rotatable bonds is 7. The number of aliphatic hydroxyl groups is 1. The number of halogens is 1. The average Bonchev–Trinajstić information content (AvgIpc) is 2.71. The fourth-order valence-corrected chi connectivity index (χ4v) is 3.68. The molecule has 0 saturated heterocycles. The molecule has 1 unspecified atom stereocenters. The van der Waals surface area contributed by atoms with Crippen LogP contribution in [0.4, 0.5) is 0 Å². The molecule has 1 aliphatic carbocycles. The summed E-state index contributed by atoms with van der Waals surface area (Å²) in [7, 11) is 0. The fraction of sp³-hybridized carbons (Fsp3) is 0.692. The summed E-state index contributed by atoms with van der Waals surface area (Å²) in [5.74, 6) is 0. The highest BCUT2D eigenvalue weighted by atomic mass is 35.5. The summed E-state index contributed by atoms with van der Waals surface area (Å²) in [6, 6.07) is 4.90. The molecule has 0 aromatic carbocycles. The molecule has 102 valence electrons. The smallest absolute Gasteiger partial charge is 0.0931 e. The van der Waals surface area contributed by atoms with Gasteiger partial charge in [-0.3, -0.25) is 4.90 Å². The topological polar surface area (TPSA) is 49.5 Å². The van der Waals surface area contributed by atoms with Crippen LogP contribution in [0.2, 0.25) is 4.34 Å². The van der Waals surface area contributed by atoms with Gasteiger partial charge in [0, 0.05) is 30.6 Å². The first kappa shape index (κ1) is 14.3. The van der Waals surface area contributed by atoms with Gasteiger partial charge in [0.1, 0.15) is 0 Å². The summed E-state index contributed by atoms with van der Waals surface area (Å²) < 4.78 is 0.819. The van der Waals surface area contributed by atoms with Crippen LogP contribution in [0, 0.1) is 0 Å². The molecule has 0 aliphatic heterocycles. The van der Waals surface area contributed by atoms with Crippen LogP contribution in [0.1, 0.15) is 36.6 Å². The lowest BCUT2D eigenvalue weighted by molar-refractivity contribution is 0.0758. The summed E-state index contributed by atoms with van der Waals surface area (Å²) in [5.41, 5.74) is 5.96. The second-order valence-corrected chi connectivity index (χ2v) is 6.54. The Morgan fingerprint density at radius 1 is 1.50 bits per heavy atom. The van der Waals surface area contributed by atoms with Gasteiger partial charge in [0.05, 0.1) is 10.4 Å². The van der Waals surface area contributed by atoms with Crippen LogP contribution in [-0.2, 0) is 0 Å². The molecular weight excluding hydrogens is 268 g/mol. The second kappa shape index (κ2) is 6.87. The lowest BCUT2D eigenvalue weighted by atomic mass is 9.90. The quantitative estimate of drug-likeness (QED) is 0.811. The highest BCUT2D eigenvalue weighted by Gasteiger charge is 2.30. The molecule has 1 aromatic heterocycles. The van der Waals surface area contributed by atoms with Gasteiger partial charge in [-0.25, -0.2) is 0 Å². The largest absolute Gasteiger partial charge is 0.396 e. The summed E-state index contributed by atoms with van der Waals surface area (Å²) in [4.78, 5) is 3.70. The van der Waals surface area contributed by atoms with E-state index in [4.69, 9.17) is 22.4 Å². The van der Waals surface area contributed by atoms with Crippen molar-refractivity contribution in [3.05, 3.63) is 21.3 Å². The van der Waals surface area contributed by atoms with Crippen LogP contribution in [0.15, 0.2) is 12.1 Å². The van der Waals surface area contributed by atoms with Crippen molar-refractivity contribution in [1.29, 1.82) is 0 Å². The summed E-state index contributed by atoms with van der Waals surface area (Å²) in [6.45, 7) is 1.77. The SMILES string of the molecule is NCC(c1ccc(Cl)s1)N(CCCO)C1CCC1. The highest BCUT2D eigenvalue weighted by molar-refractivity contribution is 7.16. The maximum atomic E-state index is 9.04. The third kappa shape index (κ3) is 3.25. The van der Waals surface area contributed by atoms with Crippen LogP contribution in [0.3, 0.4) is 0 Å². The fourth-order valence-electron chi connectivity index (χ4n) is 2.49. The van der Waals surface area contributed by atoms with E-state index in [9.17, 15) is 0 Å². The van der Waals surface area contributed by atoms with Crippen molar-refractivity contribution in [1.82, 2.24) is 4.90 Å². The van der Waals surface area contributed by atoms with Gasteiger partial charge in [-0.1, -0.05) is 18.0 Å². The number of nitrogens with zero attached hydrogens (tertiary/aromatic N) is 1. The average molecular weight is 289 g/mol. The Balaban J connectivity index is 2.09. The van der Waals surface area contributed by atoms with Crippen molar-refractivity contribution >= 4 is 22.9 Å². The first-order valence-electron chi connectivity index (χ1n) is 6.58. The van der Waals surface area contributed by atoms with Gasteiger partial charge in [0.2, 0.25) is 0 Å². The van der Waals surface area contributed by atoms with Crippen molar-refractivity contribution < 1.29 is 5.11 Å². The summed E-state index contributed by atoms with van der Waals surface area (Å²) in [6.07, 6.45) is 4.62. The first-order chi connectivity index (χ1) is 8.76. The van der Waals surface area contributed by atoms with Crippen molar-refractivity contribution in [3.8, 4) is 0 Å². The number of aliphatic hydroxyl groups excluding tert-OH is 1. The van der Waals surface area contributed by atoms with E-state index in [-0.39, 0.29) is 12.6 Å². The van der Waals surface area contributed by atoms with Crippen LogP contribution in [-0.4, -0.2) is 35.7 Å². The Kier molecular flexibility index (Phi) is 5.45. The highest BCUT2D eigenvalue weighted by Crippen LogP contribution is 2.35. The minimum Gasteiger partial charge on any atom is -0.396 e. The van der Waals surface area contributed by atoms with E-state index in [1.807, 2.05) is 6.07 Å². The van der Waals surface area contributed by atoms with Crippen molar-refractivity contribution in [2.24, 2.45) is 5.73 Å². The van der Waals surface area contributed by atoms with Gasteiger partial charge in [0.15, 0.2) is 0 Å². The molecule has 3 nitrogen and oxygen atoms in total. The number of thiophene rings is 1. The molecule has 1 fully saturated rings. The minimum atomic E-state index is 0.242. The van der Waals surface area contributed by atoms with E-state index < -0.39 is 0 Å². The van der Waals surface area contributed by atoms with Crippen molar-refractivity contribution in [2.75, 3.05) is 19.7 Å². The van der Waals surface area contributed by atoms with Crippen molar-refractivity contribution in [2.45, 2.75) is 37.8 Å². The Morgan fingerprint density at radius 3 is 2.72 bits per heavy atom. The predicted octanol–water partition coefficient (Wildman–Crippen LogP) is 2.64. The molecule has 1 atom stereocenters. The zero-order chi connectivity index (χ0) is 13.0. The van der Waals surface area contributed by atoms with Crippen LogP contribution < -0.4 is 5.73 Å². The predicted molar refractivity (Wildman–Crippen MR) is 77.2 cm³/mol. The Hall–Kier alpha value is -0.130. The molecule has 1 saturated carbocycles. The van der Waals surface area contributed by atoms with E-state index in [1.165, 1.54) is 24.1 Å². The van der Waals surface area contributed by atoms with E-state index in [0.29, 0.717) is 12.6 Å². The molecule has 0 radical (unpaired) electrons. The van der Waals surface area contributed by atoms with Gasteiger partial charge in [-0.2, -0.15) is 0 Å². The van der Waals surface area contributed by atoms with E-state index >= 15 is 0 Å². The van der Waals surface area contributed by atoms with E-state index in [2.05, 4.69) is 11.0 Å². The van der Waals surface area contributed by atoms with Crippen LogP contribution in [0.25, 0.3) is 0 Å². The standard InChI is InChI=1S/C13H21ClN2OS/c14-13-6-5-12(18-13)11(9-15)16(7-2-8-17)10-3-1-4-10/h5-6,10-11,17H,1-4,7-9,15H2. The molecular formula is C13H21ClN2OS. The van der Waals surface area contributed by atoms with Crippen molar-refractivity contribution in [3.63, 3.8) is 0 Å². The molecule has 1 aromatic rings. The Labute approximate surface area is 118 Å². The molecule has 0 amide bonds. The van der Waals surface area contributed by atoms with Crippen LogP contribution in [0.5, 0.6) is 0 Å². The zero-order valence-corrected chi connectivity index (χ0v) is 12.1. The maximum Gasteiger partial charge on any atom is 0.0931 e. The van der Waals surface area contributed by atoms with Gasteiger partial charge in [-0.15, -0.1) is 11.3 Å². The lowest BCUT2D eigenvalue weighted by Gasteiger charge is -2.42. The monoisotopic (exact) mass is 288 g/mol. The number of hydrogen-bond donors (Lipinski definition) is 2. The number of hydrogen-bond acceptors (Lipinski definition) is 4. The lowest BCUT2D eigenvalue weighted by Crippen LogP contribution is -2.45. The third-order valence-corrected chi connectivity index (χ3v) is 5.00. The summed E-state index contributed by atoms with van der Waals surface area (Å²) >= 11 is 7.63. The van der Waals surface area contributed by atoms with Gasteiger partial charge >= 0.3 is 0 Å². The van der Waals surface area contributed by atoms with Gasteiger partial charge in [-0.05, 0) is 31.4 Å². The third-order valence-electron chi connectivity index (χ3n) is 3.66. The van der Waals surface area contributed by atoms with E-state index in [0.717, 1.165) is 17.3 Å². The minimum absolute atomic E-state index is 0.242. The molecule has 0 spiro atoms. The second-order valence-electron chi connectivity index (χ2n) is 4.79. The zero-order valence-electron chi connectivity index (χ0n) is 10.5. The molecule has 3 N–H and O–H groups in total. The molecule has 1 aliphatic rings. The molecule has 18 heavy (non-hydrogen) atoms. The van der Waals surface area contributed by atoms with Gasteiger partial charge < -0.3 is 10.8 Å². The Bertz CT molecular complexity index is 368. The van der Waals surface area contributed by atoms with Crippen LogP contribution >= 0.6 is 22.9 Å². The molecule has 0 bridgehead atoms. The molecule has 2 rings (SSSR count). The molecule has 5 heteroatoms. The number of nitrogens with two attached hydrogens (primary N) is 1. The summed E-state index contributed by atoms with van der Waals surface area (Å²) in [5, 5.41) is 9.04. The molecule has 1 heterocycles. The van der Waals surface area contributed by atoms with Gasteiger partial charge in [0.25, 0.3) is 0 Å².